The van der Waals surface area contributed by atoms with Crippen LogP contribution >= 0.6 is 0 Å². The molecule has 0 bridgehead atoms. The lowest BCUT2D eigenvalue weighted by Gasteiger charge is -2.32. The van der Waals surface area contributed by atoms with Gasteiger partial charge in [0.25, 0.3) is 0 Å². The molecule has 1 heterocycles. The van der Waals surface area contributed by atoms with Crippen molar-refractivity contribution in [2.24, 2.45) is 5.92 Å². The lowest BCUT2D eigenvalue weighted by molar-refractivity contribution is 0.141. The fraction of sp³-hybridized carbons (Fsp3) is 0.846. The molecule has 2 atom stereocenters. The second kappa shape index (κ2) is 7.82. The zero-order valence-electron chi connectivity index (χ0n) is 10.7. The molecule has 3 heteroatoms. The predicted molar refractivity (Wildman–Crippen MR) is 68.7 cm³/mol. The molecular formula is C13H26N2O. The molecule has 0 aromatic heterocycles. The van der Waals surface area contributed by atoms with Crippen LogP contribution in [-0.2, 0) is 4.74 Å². The SMILES string of the molecule is C=CCN(CCOC)CC1CC(C)CCN1. The maximum Gasteiger partial charge on any atom is 0.0589 e. The van der Waals surface area contributed by atoms with E-state index in [1.54, 1.807) is 7.11 Å². The van der Waals surface area contributed by atoms with E-state index in [9.17, 15) is 0 Å². The van der Waals surface area contributed by atoms with E-state index in [0.29, 0.717) is 6.04 Å². The largest absolute Gasteiger partial charge is 0.383 e. The molecule has 0 aliphatic carbocycles. The van der Waals surface area contributed by atoms with Gasteiger partial charge in [0.15, 0.2) is 0 Å². The van der Waals surface area contributed by atoms with Gasteiger partial charge in [-0.15, -0.1) is 6.58 Å². The summed E-state index contributed by atoms with van der Waals surface area (Å²) < 4.78 is 5.13. The highest BCUT2D eigenvalue weighted by atomic mass is 16.5. The fourth-order valence-electron chi connectivity index (χ4n) is 2.33. The highest BCUT2D eigenvalue weighted by molar-refractivity contribution is 4.82. The van der Waals surface area contributed by atoms with Gasteiger partial charge in [-0.25, -0.2) is 0 Å². The topological polar surface area (TPSA) is 24.5 Å². The van der Waals surface area contributed by atoms with Crippen LogP contribution in [0.1, 0.15) is 19.8 Å². The minimum absolute atomic E-state index is 0.639. The summed E-state index contributed by atoms with van der Waals surface area (Å²) in [6.07, 6.45) is 4.58. The number of piperidine rings is 1. The molecule has 1 saturated heterocycles. The molecule has 1 rings (SSSR count). The molecule has 3 nitrogen and oxygen atoms in total. The number of hydrogen-bond acceptors (Lipinski definition) is 3. The average Bonchev–Trinajstić information content (AvgIpc) is 2.26. The lowest BCUT2D eigenvalue weighted by atomic mass is 9.94. The maximum atomic E-state index is 5.13. The normalized spacial score (nSPS) is 25.9. The van der Waals surface area contributed by atoms with Crippen LogP contribution in [0.2, 0.25) is 0 Å². The molecule has 0 spiro atoms. The molecule has 0 aromatic rings. The Hall–Kier alpha value is -0.380. The number of nitrogens with zero attached hydrogens (tertiary/aromatic N) is 1. The predicted octanol–water partition coefficient (Wildman–Crippen LogP) is 1.51. The van der Waals surface area contributed by atoms with Crippen molar-refractivity contribution in [3.63, 3.8) is 0 Å². The third-order valence-corrected chi connectivity index (χ3v) is 3.23. The summed E-state index contributed by atoms with van der Waals surface area (Å²) in [5.74, 6) is 0.860. The second-order valence-corrected chi connectivity index (χ2v) is 4.82. The zero-order chi connectivity index (χ0) is 11.8. The van der Waals surface area contributed by atoms with Gasteiger partial charge >= 0.3 is 0 Å². The Morgan fingerprint density at radius 2 is 2.38 bits per heavy atom. The van der Waals surface area contributed by atoms with Crippen molar-refractivity contribution in [1.29, 1.82) is 0 Å². The van der Waals surface area contributed by atoms with E-state index >= 15 is 0 Å². The van der Waals surface area contributed by atoms with E-state index in [0.717, 1.165) is 38.7 Å². The van der Waals surface area contributed by atoms with Crippen LogP contribution in [0.3, 0.4) is 0 Å². The van der Waals surface area contributed by atoms with Crippen LogP contribution in [0, 0.1) is 5.92 Å². The Morgan fingerprint density at radius 1 is 1.56 bits per heavy atom. The lowest BCUT2D eigenvalue weighted by Crippen LogP contribution is -2.46. The van der Waals surface area contributed by atoms with Crippen molar-refractivity contribution in [2.45, 2.75) is 25.8 Å². The van der Waals surface area contributed by atoms with Gasteiger partial charge in [-0.1, -0.05) is 13.0 Å². The third kappa shape index (κ3) is 5.10. The van der Waals surface area contributed by atoms with Crippen LogP contribution in [0.5, 0.6) is 0 Å². The van der Waals surface area contributed by atoms with Crippen LogP contribution in [-0.4, -0.2) is 50.8 Å². The van der Waals surface area contributed by atoms with Crippen LogP contribution in [0.15, 0.2) is 12.7 Å². The molecule has 94 valence electrons. The van der Waals surface area contributed by atoms with Crippen LogP contribution in [0.4, 0.5) is 0 Å². The fourth-order valence-corrected chi connectivity index (χ4v) is 2.33. The summed E-state index contributed by atoms with van der Waals surface area (Å²) in [6, 6.07) is 0.639. The Kier molecular flexibility index (Phi) is 6.69. The Labute approximate surface area is 99.8 Å². The first-order valence-corrected chi connectivity index (χ1v) is 6.31. The van der Waals surface area contributed by atoms with Gasteiger partial charge in [-0.2, -0.15) is 0 Å². The molecule has 0 amide bonds. The number of nitrogens with one attached hydrogen (secondary N) is 1. The number of ether oxygens (including phenoxy) is 1. The third-order valence-electron chi connectivity index (χ3n) is 3.23. The van der Waals surface area contributed by atoms with Gasteiger partial charge in [-0.3, -0.25) is 4.90 Å². The quantitative estimate of drug-likeness (QED) is 0.666. The average molecular weight is 226 g/mol. The Morgan fingerprint density at radius 3 is 3.00 bits per heavy atom. The first-order valence-electron chi connectivity index (χ1n) is 6.31. The number of methoxy groups -OCH3 is 1. The van der Waals surface area contributed by atoms with Crippen molar-refractivity contribution in [3.8, 4) is 0 Å². The maximum absolute atomic E-state index is 5.13. The molecule has 1 aliphatic heterocycles. The molecule has 16 heavy (non-hydrogen) atoms. The first-order chi connectivity index (χ1) is 7.76. The van der Waals surface area contributed by atoms with E-state index in [4.69, 9.17) is 4.74 Å². The van der Waals surface area contributed by atoms with E-state index < -0.39 is 0 Å². The Balaban J connectivity index is 2.31. The summed E-state index contributed by atoms with van der Waals surface area (Å²) in [6.45, 7) is 11.2. The summed E-state index contributed by atoms with van der Waals surface area (Å²) in [4.78, 5) is 2.41. The number of rotatable bonds is 7. The van der Waals surface area contributed by atoms with Crippen molar-refractivity contribution in [3.05, 3.63) is 12.7 Å². The highest BCUT2D eigenvalue weighted by Crippen LogP contribution is 2.15. The van der Waals surface area contributed by atoms with Gasteiger partial charge in [-0.05, 0) is 25.3 Å². The van der Waals surface area contributed by atoms with Crippen molar-refractivity contribution >= 4 is 0 Å². The highest BCUT2D eigenvalue weighted by Gasteiger charge is 2.19. The minimum Gasteiger partial charge on any atom is -0.383 e. The summed E-state index contributed by atoms with van der Waals surface area (Å²) in [5, 5.41) is 3.60. The van der Waals surface area contributed by atoms with Gasteiger partial charge < -0.3 is 10.1 Å². The van der Waals surface area contributed by atoms with Crippen LogP contribution in [0.25, 0.3) is 0 Å². The first kappa shape index (κ1) is 13.7. The van der Waals surface area contributed by atoms with Gasteiger partial charge in [0, 0.05) is 32.8 Å². The molecular weight excluding hydrogens is 200 g/mol. The summed E-state index contributed by atoms with van der Waals surface area (Å²) >= 11 is 0. The number of hydrogen-bond donors (Lipinski definition) is 1. The summed E-state index contributed by atoms with van der Waals surface area (Å²) in [5.41, 5.74) is 0. The van der Waals surface area contributed by atoms with Crippen molar-refractivity contribution < 1.29 is 4.74 Å². The van der Waals surface area contributed by atoms with E-state index in [-0.39, 0.29) is 0 Å². The molecule has 0 saturated carbocycles. The van der Waals surface area contributed by atoms with E-state index in [1.807, 2.05) is 6.08 Å². The molecule has 0 radical (unpaired) electrons. The standard InChI is InChI=1S/C13H26N2O/c1-4-7-15(8-9-16-3)11-13-10-12(2)5-6-14-13/h4,12-14H,1,5-11H2,2-3H3. The van der Waals surface area contributed by atoms with Crippen molar-refractivity contribution in [1.82, 2.24) is 10.2 Å². The Bertz CT molecular complexity index is 196. The zero-order valence-corrected chi connectivity index (χ0v) is 10.7. The molecule has 0 aromatic carbocycles. The second-order valence-electron chi connectivity index (χ2n) is 4.82. The van der Waals surface area contributed by atoms with Gasteiger partial charge in [0.2, 0.25) is 0 Å². The van der Waals surface area contributed by atoms with E-state index in [1.165, 1.54) is 12.8 Å². The summed E-state index contributed by atoms with van der Waals surface area (Å²) in [7, 11) is 1.76. The minimum atomic E-state index is 0.639. The monoisotopic (exact) mass is 226 g/mol. The van der Waals surface area contributed by atoms with Gasteiger partial charge in [0.05, 0.1) is 6.61 Å². The van der Waals surface area contributed by atoms with Crippen molar-refractivity contribution in [2.75, 3.05) is 39.9 Å². The smallest absolute Gasteiger partial charge is 0.0589 e. The molecule has 1 N–H and O–H groups in total. The van der Waals surface area contributed by atoms with Gasteiger partial charge in [0.1, 0.15) is 0 Å². The van der Waals surface area contributed by atoms with E-state index in [2.05, 4.69) is 23.7 Å². The molecule has 1 fully saturated rings. The van der Waals surface area contributed by atoms with Crippen LogP contribution < -0.4 is 5.32 Å². The molecule has 1 aliphatic rings. The molecule has 2 unspecified atom stereocenters.